The molecule has 5 rings (SSSR count). The Bertz CT molecular complexity index is 1430. The summed E-state index contributed by atoms with van der Waals surface area (Å²) in [5.41, 5.74) is 0.660. The van der Waals surface area contributed by atoms with Gasteiger partial charge in [-0.25, -0.2) is 9.97 Å². The lowest BCUT2D eigenvalue weighted by Crippen LogP contribution is -2.22. The van der Waals surface area contributed by atoms with Crippen LogP contribution in [0.3, 0.4) is 0 Å². The molecule has 0 amide bonds. The number of hydrogen-bond donors (Lipinski definition) is 0. The number of rotatable bonds is 6. The molecule has 0 saturated heterocycles. The Morgan fingerprint density at radius 2 is 1.74 bits per heavy atom. The van der Waals surface area contributed by atoms with E-state index in [2.05, 4.69) is 20.2 Å². The molecular weight excluding hydrogens is 396 g/mol. The molecule has 31 heavy (non-hydrogen) atoms. The maximum absolute atomic E-state index is 12.8. The summed E-state index contributed by atoms with van der Waals surface area (Å²) in [6.45, 7) is 2.56. The van der Waals surface area contributed by atoms with Gasteiger partial charge in [0.05, 0.1) is 10.9 Å². The van der Waals surface area contributed by atoms with Crippen molar-refractivity contribution in [1.29, 1.82) is 0 Å². The predicted octanol–water partition coefficient (Wildman–Crippen LogP) is 3.23. The van der Waals surface area contributed by atoms with Gasteiger partial charge < -0.3 is 9.47 Å². The van der Waals surface area contributed by atoms with E-state index < -0.39 is 0 Å². The first-order chi connectivity index (χ1) is 15.2. The zero-order valence-electron chi connectivity index (χ0n) is 16.7. The largest absolute Gasteiger partial charge is 0.485 e. The lowest BCUT2D eigenvalue weighted by atomic mass is 10.2. The van der Waals surface area contributed by atoms with Crippen molar-refractivity contribution in [1.82, 2.24) is 29.1 Å². The summed E-state index contributed by atoms with van der Waals surface area (Å²) in [6, 6.07) is 16.6. The van der Waals surface area contributed by atoms with Crippen LogP contribution in [0, 0.1) is 0 Å². The highest BCUT2D eigenvalue weighted by molar-refractivity contribution is 5.80. The molecular formula is C22H18N6O3. The van der Waals surface area contributed by atoms with Crippen LogP contribution in [-0.2, 0) is 13.2 Å². The van der Waals surface area contributed by atoms with Gasteiger partial charge in [-0.1, -0.05) is 18.2 Å². The minimum atomic E-state index is -0.0848. The molecule has 0 bridgehead atoms. The number of hydrogen-bond acceptors (Lipinski definition) is 7. The van der Waals surface area contributed by atoms with Crippen molar-refractivity contribution >= 4 is 16.7 Å². The van der Waals surface area contributed by atoms with Gasteiger partial charge in [-0.15, -0.1) is 10.2 Å². The molecule has 0 unspecified atom stereocenters. The van der Waals surface area contributed by atoms with Gasteiger partial charge in [0, 0.05) is 25.0 Å². The van der Waals surface area contributed by atoms with Crippen LogP contribution in [0.4, 0.5) is 0 Å². The molecule has 0 aliphatic carbocycles. The third-order valence-electron chi connectivity index (χ3n) is 4.82. The summed E-state index contributed by atoms with van der Waals surface area (Å²) in [7, 11) is 0. The van der Waals surface area contributed by atoms with Crippen LogP contribution in [0.5, 0.6) is 17.5 Å². The highest BCUT2D eigenvalue weighted by Crippen LogP contribution is 2.24. The number of benzene rings is 2. The van der Waals surface area contributed by atoms with Crippen molar-refractivity contribution in [2.75, 3.05) is 0 Å². The monoisotopic (exact) mass is 414 g/mol. The molecule has 0 fully saturated rings. The number of fused-ring (bicyclic) bond motifs is 3. The molecule has 0 aliphatic rings. The third kappa shape index (κ3) is 3.46. The predicted molar refractivity (Wildman–Crippen MR) is 113 cm³/mol. The highest BCUT2D eigenvalue weighted by Gasteiger charge is 2.16. The average Bonchev–Trinajstić information content (AvgIpc) is 3.23. The first-order valence-electron chi connectivity index (χ1n) is 9.78. The molecule has 9 heteroatoms. The van der Waals surface area contributed by atoms with Crippen LogP contribution >= 0.6 is 0 Å². The molecule has 154 valence electrons. The van der Waals surface area contributed by atoms with E-state index in [1.54, 1.807) is 41.2 Å². The van der Waals surface area contributed by atoms with Crippen molar-refractivity contribution in [3.63, 3.8) is 0 Å². The van der Waals surface area contributed by atoms with Crippen molar-refractivity contribution in [3.05, 3.63) is 83.2 Å². The van der Waals surface area contributed by atoms with Crippen LogP contribution in [0.2, 0.25) is 0 Å². The molecule has 0 saturated carbocycles. The minimum absolute atomic E-state index is 0.0848. The van der Waals surface area contributed by atoms with Crippen molar-refractivity contribution in [2.45, 2.75) is 20.1 Å². The Morgan fingerprint density at radius 3 is 2.58 bits per heavy atom. The van der Waals surface area contributed by atoms with Gasteiger partial charge in [-0.2, -0.15) is 0 Å². The molecule has 0 radical (unpaired) electrons. The third-order valence-corrected chi connectivity index (χ3v) is 4.82. The van der Waals surface area contributed by atoms with Crippen molar-refractivity contribution in [2.24, 2.45) is 0 Å². The van der Waals surface area contributed by atoms with E-state index in [1.807, 2.05) is 41.7 Å². The second-order valence-corrected chi connectivity index (χ2v) is 6.72. The lowest BCUT2D eigenvalue weighted by molar-refractivity contribution is 0.293. The van der Waals surface area contributed by atoms with Crippen LogP contribution < -0.4 is 15.0 Å². The van der Waals surface area contributed by atoms with Crippen LogP contribution in [0.1, 0.15) is 12.7 Å². The Labute approximate surface area is 176 Å². The van der Waals surface area contributed by atoms with E-state index in [-0.39, 0.29) is 18.2 Å². The molecule has 5 aromatic rings. The Kier molecular flexibility index (Phi) is 4.75. The lowest BCUT2D eigenvalue weighted by Gasteiger charge is -2.10. The standard InChI is InChI=1S/C22H18N6O3/c1-2-27-20(29)17-9-3-4-10-18(17)28-19(25-26-22(27)28)14-30-15-7-5-8-16(13-15)31-21-23-11-6-12-24-21/h3-13H,2,14H2,1H3. The zero-order valence-corrected chi connectivity index (χ0v) is 16.7. The summed E-state index contributed by atoms with van der Waals surface area (Å²) < 4.78 is 15.1. The van der Waals surface area contributed by atoms with Gasteiger partial charge in [-0.05, 0) is 37.3 Å². The normalized spacial score (nSPS) is 11.1. The molecule has 2 aromatic carbocycles. The van der Waals surface area contributed by atoms with E-state index in [1.165, 1.54) is 0 Å². The second kappa shape index (κ2) is 7.86. The number of ether oxygens (including phenoxy) is 2. The van der Waals surface area contributed by atoms with Gasteiger partial charge in [0.25, 0.3) is 5.56 Å². The van der Waals surface area contributed by atoms with Gasteiger partial charge >= 0.3 is 6.01 Å². The number of aromatic nitrogens is 6. The average molecular weight is 414 g/mol. The van der Waals surface area contributed by atoms with E-state index in [0.717, 1.165) is 5.52 Å². The quantitative estimate of drug-likeness (QED) is 0.421. The summed E-state index contributed by atoms with van der Waals surface area (Å²) >= 11 is 0. The summed E-state index contributed by atoms with van der Waals surface area (Å²) in [5, 5.41) is 9.13. The Morgan fingerprint density at radius 1 is 0.935 bits per heavy atom. The topological polar surface area (TPSA) is 96.4 Å². The van der Waals surface area contributed by atoms with Crippen LogP contribution in [-0.4, -0.2) is 29.1 Å². The first kappa shape index (κ1) is 18.7. The summed E-state index contributed by atoms with van der Waals surface area (Å²) in [6.07, 6.45) is 3.22. The smallest absolute Gasteiger partial charge is 0.321 e. The van der Waals surface area contributed by atoms with Gasteiger partial charge in [-0.3, -0.25) is 13.8 Å². The molecule has 0 atom stereocenters. The van der Waals surface area contributed by atoms with Crippen molar-refractivity contribution in [3.8, 4) is 17.5 Å². The Balaban J connectivity index is 1.46. The van der Waals surface area contributed by atoms with Crippen LogP contribution in [0.25, 0.3) is 16.7 Å². The summed E-state index contributed by atoms with van der Waals surface area (Å²) in [4.78, 5) is 20.9. The van der Waals surface area contributed by atoms with Gasteiger partial charge in [0.1, 0.15) is 18.1 Å². The van der Waals surface area contributed by atoms with E-state index in [9.17, 15) is 4.79 Å². The number of para-hydroxylation sites is 1. The molecule has 0 aliphatic heterocycles. The molecule has 3 aromatic heterocycles. The fourth-order valence-corrected chi connectivity index (χ4v) is 3.41. The highest BCUT2D eigenvalue weighted by atomic mass is 16.5. The fraction of sp³-hybridized carbons (Fsp3) is 0.136. The maximum atomic E-state index is 12.8. The maximum Gasteiger partial charge on any atom is 0.321 e. The van der Waals surface area contributed by atoms with Crippen molar-refractivity contribution < 1.29 is 9.47 Å². The molecule has 0 spiro atoms. The SMILES string of the molecule is CCn1c(=O)c2ccccc2n2c(COc3cccc(Oc4ncccn4)c3)nnc12. The van der Waals surface area contributed by atoms with Gasteiger partial charge in [0.2, 0.25) is 5.78 Å². The fourth-order valence-electron chi connectivity index (χ4n) is 3.41. The Hall–Kier alpha value is -4.27. The number of aryl methyl sites for hydroxylation is 1. The van der Waals surface area contributed by atoms with Gasteiger partial charge in [0.15, 0.2) is 5.82 Å². The number of nitrogens with zero attached hydrogens (tertiary/aromatic N) is 6. The van der Waals surface area contributed by atoms with Crippen LogP contribution in [0.15, 0.2) is 71.8 Å². The van der Waals surface area contributed by atoms with E-state index in [4.69, 9.17) is 9.47 Å². The molecule has 3 heterocycles. The second-order valence-electron chi connectivity index (χ2n) is 6.72. The van der Waals surface area contributed by atoms with E-state index >= 15 is 0 Å². The molecule has 0 N–H and O–H groups in total. The first-order valence-corrected chi connectivity index (χ1v) is 9.78. The summed E-state index contributed by atoms with van der Waals surface area (Å²) in [5.74, 6) is 2.23. The zero-order chi connectivity index (χ0) is 21.2. The van der Waals surface area contributed by atoms with E-state index in [0.29, 0.717) is 35.0 Å². The minimum Gasteiger partial charge on any atom is -0.485 e. The molecule has 9 nitrogen and oxygen atoms in total.